The van der Waals surface area contributed by atoms with Crippen molar-refractivity contribution in [2.24, 2.45) is 0 Å². The van der Waals surface area contributed by atoms with Gasteiger partial charge in [0.25, 0.3) is 0 Å². The second kappa shape index (κ2) is 8.14. The molecule has 0 aromatic rings. The Morgan fingerprint density at radius 1 is 0.588 bits per heavy atom. The van der Waals surface area contributed by atoms with Crippen molar-refractivity contribution in [2.75, 3.05) is 0 Å². The quantitative estimate of drug-likeness (QED) is 0.364. The van der Waals surface area contributed by atoms with Gasteiger partial charge in [-0.05, 0) is 41.5 Å². The third kappa shape index (κ3) is 9.66. The molecule has 0 fully saturated rings. The molecule has 0 aromatic carbocycles. The van der Waals surface area contributed by atoms with Gasteiger partial charge in [0, 0.05) is 6.55 Å². The first-order valence-electron chi connectivity index (χ1n) is 5.78. The lowest BCUT2D eigenvalue weighted by Gasteiger charge is -2.24. The minimum atomic E-state index is -3.10. The van der Waals surface area contributed by atoms with Crippen LogP contribution in [0.5, 0.6) is 0 Å². The molecule has 104 valence electrons. The molecule has 0 atom stereocenters. The van der Waals surface area contributed by atoms with Crippen LogP contribution in [0.3, 0.4) is 0 Å². The summed E-state index contributed by atoms with van der Waals surface area (Å²) in [5.74, 6) is 0. The summed E-state index contributed by atoms with van der Waals surface area (Å²) in [4.78, 5) is 15.1. The summed E-state index contributed by atoms with van der Waals surface area (Å²) in [6, 6.07) is 0. The maximum absolute atomic E-state index is 5.14. The topological polar surface area (TPSA) is 55.4 Å². The van der Waals surface area contributed by atoms with E-state index in [0.717, 1.165) is 0 Å². The van der Waals surface area contributed by atoms with Gasteiger partial charge in [-0.25, -0.2) is 28.4 Å². The van der Waals surface area contributed by atoms with Gasteiger partial charge in [-0.1, -0.05) is 0 Å². The fraction of sp³-hybridized carbons (Fsp3) is 1.00. The molecule has 0 saturated heterocycles. The second-order valence-electron chi connectivity index (χ2n) is 4.55. The largest absolute Gasteiger partial charge is 0.581 e. The average molecular weight is 268 g/mol. The maximum atomic E-state index is 5.14. The average Bonchev–Trinajstić information content (AvgIpc) is 2.21. The van der Waals surface area contributed by atoms with Crippen molar-refractivity contribution in [3.05, 3.63) is 0 Å². The van der Waals surface area contributed by atoms with E-state index in [0.29, 0.717) is 0 Å². The van der Waals surface area contributed by atoms with Crippen LogP contribution in [-0.2, 0) is 28.4 Å². The van der Waals surface area contributed by atoms with Crippen molar-refractivity contribution in [1.82, 2.24) is 0 Å². The van der Waals surface area contributed by atoms with E-state index in [1.165, 1.54) is 0 Å². The number of hydrogen-bond donors (Lipinski definition) is 0. The molecule has 17 heavy (non-hydrogen) atoms. The van der Waals surface area contributed by atoms with Gasteiger partial charge in [0.15, 0.2) is 0 Å². The molecular formula is C10H24O6Si. The predicted molar refractivity (Wildman–Crippen MR) is 63.5 cm³/mol. The highest BCUT2D eigenvalue weighted by Gasteiger charge is 2.42. The third-order valence-electron chi connectivity index (χ3n) is 1.18. The highest BCUT2D eigenvalue weighted by atomic mass is 28.4. The van der Waals surface area contributed by atoms with Crippen LogP contribution in [-0.4, -0.2) is 27.1 Å². The molecule has 7 heteroatoms. The molecule has 0 aliphatic carbocycles. The molecule has 0 saturated carbocycles. The number of rotatable bonds is 9. The first kappa shape index (κ1) is 17.0. The highest BCUT2D eigenvalue weighted by Crippen LogP contribution is 2.14. The Morgan fingerprint density at radius 3 is 1.00 bits per heavy atom. The van der Waals surface area contributed by atoms with Crippen LogP contribution >= 0.6 is 0 Å². The summed E-state index contributed by atoms with van der Waals surface area (Å²) in [7, 11) is -3.10. The highest BCUT2D eigenvalue weighted by molar-refractivity contribution is 6.58. The van der Waals surface area contributed by atoms with E-state index in [9.17, 15) is 0 Å². The lowest BCUT2D eigenvalue weighted by molar-refractivity contribution is -0.380. The van der Waals surface area contributed by atoms with Crippen LogP contribution in [0.1, 0.15) is 41.5 Å². The molecule has 0 spiro atoms. The molecule has 0 aliphatic heterocycles. The van der Waals surface area contributed by atoms with Gasteiger partial charge >= 0.3 is 8.80 Å². The second-order valence-corrected chi connectivity index (χ2v) is 6.77. The standard InChI is InChI=1S/C10H24O6Si/c1-8(2)11-14-17(7,15-12-9(3)4)16-13-10(5)6/h8-10H,1-7H3. The first-order valence-corrected chi connectivity index (χ1v) is 8.01. The Balaban J connectivity index is 4.23. The zero-order chi connectivity index (χ0) is 13.5. The third-order valence-corrected chi connectivity index (χ3v) is 2.37. The predicted octanol–water partition coefficient (Wildman–Crippen LogP) is 2.62. The normalized spacial score (nSPS) is 13.1. The van der Waals surface area contributed by atoms with E-state index in [1.807, 2.05) is 41.5 Å². The van der Waals surface area contributed by atoms with Crippen LogP contribution in [0.4, 0.5) is 0 Å². The maximum Gasteiger partial charge on any atom is 0.581 e. The smallest absolute Gasteiger partial charge is 0.240 e. The molecule has 0 unspecified atom stereocenters. The molecule has 0 radical (unpaired) electrons. The molecule has 0 amide bonds. The van der Waals surface area contributed by atoms with Gasteiger partial charge in [0.05, 0.1) is 18.3 Å². The Morgan fingerprint density at radius 2 is 0.824 bits per heavy atom. The van der Waals surface area contributed by atoms with Gasteiger partial charge in [0.1, 0.15) is 0 Å². The summed E-state index contributed by atoms with van der Waals surface area (Å²) in [5.41, 5.74) is 0. The lowest BCUT2D eigenvalue weighted by atomic mass is 10.5. The van der Waals surface area contributed by atoms with Gasteiger partial charge in [-0.3, -0.25) is 0 Å². The molecule has 0 aliphatic rings. The van der Waals surface area contributed by atoms with Gasteiger partial charge in [-0.2, -0.15) is 0 Å². The van der Waals surface area contributed by atoms with E-state index >= 15 is 0 Å². The fourth-order valence-corrected chi connectivity index (χ4v) is 1.78. The van der Waals surface area contributed by atoms with Crippen LogP contribution in [0.15, 0.2) is 0 Å². The molecule has 6 nitrogen and oxygen atoms in total. The Bertz CT molecular complexity index is 166. The van der Waals surface area contributed by atoms with Crippen molar-refractivity contribution in [2.45, 2.75) is 66.4 Å². The molecular weight excluding hydrogens is 244 g/mol. The Hall–Kier alpha value is -0.0231. The summed E-state index contributed by atoms with van der Waals surface area (Å²) >= 11 is 0. The Labute approximate surface area is 104 Å². The van der Waals surface area contributed by atoms with E-state index in [2.05, 4.69) is 0 Å². The molecule has 0 aromatic heterocycles. The Kier molecular flexibility index (Phi) is 8.13. The molecule has 0 heterocycles. The summed E-state index contributed by atoms with van der Waals surface area (Å²) in [6.07, 6.45) is -0.314. The minimum absolute atomic E-state index is 0.105. The number of hydrogen-bond acceptors (Lipinski definition) is 6. The van der Waals surface area contributed by atoms with Crippen molar-refractivity contribution in [3.8, 4) is 0 Å². The molecule has 0 rings (SSSR count). The monoisotopic (exact) mass is 268 g/mol. The zero-order valence-corrected chi connectivity index (χ0v) is 12.7. The van der Waals surface area contributed by atoms with Gasteiger partial charge < -0.3 is 0 Å². The minimum Gasteiger partial charge on any atom is -0.240 e. The van der Waals surface area contributed by atoms with E-state index in [-0.39, 0.29) is 18.3 Å². The van der Waals surface area contributed by atoms with Crippen LogP contribution in [0, 0.1) is 0 Å². The van der Waals surface area contributed by atoms with Gasteiger partial charge in [0.2, 0.25) is 0 Å². The van der Waals surface area contributed by atoms with Crippen LogP contribution < -0.4 is 0 Å². The summed E-state index contributed by atoms with van der Waals surface area (Å²) in [6.45, 7) is 12.6. The first-order chi connectivity index (χ1) is 7.75. The van der Waals surface area contributed by atoms with Crippen molar-refractivity contribution >= 4 is 8.80 Å². The van der Waals surface area contributed by atoms with Crippen molar-refractivity contribution < 1.29 is 28.4 Å². The van der Waals surface area contributed by atoms with E-state index in [4.69, 9.17) is 28.4 Å². The van der Waals surface area contributed by atoms with Crippen LogP contribution in [0.25, 0.3) is 0 Å². The molecule has 0 N–H and O–H groups in total. The van der Waals surface area contributed by atoms with Gasteiger partial charge in [-0.15, -0.1) is 0 Å². The summed E-state index contributed by atoms with van der Waals surface area (Å²) in [5, 5.41) is 0. The van der Waals surface area contributed by atoms with E-state index < -0.39 is 8.80 Å². The zero-order valence-electron chi connectivity index (χ0n) is 11.7. The molecule has 0 bridgehead atoms. The van der Waals surface area contributed by atoms with Crippen LogP contribution in [0.2, 0.25) is 6.55 Å². The van der Waals surface area contributed by atoms with Crippen molar-refractivity contribution in [3.63, 3.8) is 0 Å². The van der Waals surface area contributed by atoms with Crippen molar-refractivity contribution in [1.29, 1.82) is 0 Å². The lowest BCUT2D eigenvalue weighted by Crippen LogP contribution is -2.44. The van der Waals surface area contributed by atoms with E-state index in [1.54, 1.807) is 6.55 Å². The SMILES string of the molecule is CC(C)OO[Si](C)(OOC(C)C)OOC(C)C. The summed E-state index contributed by atoms with van der Waals surface area (Å²) < 4.78 is 15.4. The fourth-order valence-electron chi connectivity index (χ4n) is 0.593.